The van der Waals surface area contributed by atoms with Crippen molar-refractivity contribution in [3.8, 4) is 0 Å². The third-order valence-electron chi connectivity index (χ3n) is 3.97. The Morgan fingerprint density at radius 1 is 1.12 bits per heavy atom. The largest absolute Gasteiger partial charge is 0.480 e. The van der Waals surface area contributed by atoms with Gasteiger partial charge < -0.3 is 20.5 Å². The molecule has 2 aromatic rings. The van der Waals surface area contributed by atoms with E-state index in [-0.39, 0.29) is 31.4 Å². The number of rotatable bonds is 8. The van der Waals surface area contributed by atoms with E-state index < -0.39 is 12.6 Å². The first kappa shape index (κ1) is 17.6. The molecule has 1 amide bonds. The average molecular weight is 354 g/mol. The molecule has 7 heteroatoms. The lowest BCUT2D eigenvalue weighted by Gasteiger charge is -2.17. The van der Waals surface area contributed by atoms with E-state index in [9.17, 15) is 14.4 Å². The van der Waals surface area contributed by atoms with Gasteiger partial charge in [-0.15, -0.1) is 0 Å². The summed E-state index contributed by atoms with van der Waals surface area (Å²) >= 11 is 0. The maximum absolute atomic E-state index is 12.3. The highest BCUT2D eigenvalue weighted by atomic mass is 16.5. The van der Waals surface area contributed by atoms with Crippen molar-refractivity contribution >= 4 is 40.2 Å². The highest BCUT2D eigenvalue weighted by molar-refractivity contribution is 6.23. The zero-order chi connectivity index (χ0) is 18.5. The molecule has 0 aromatic heterocycles. The zero-order valence-corrected chi connectivity index (χ0v) is 14.0. The number of carbonyl (C=O) groups excluding carboxylic acids is 2. The fraction of sp³-hybridized carbons (Fsp3) is 0.211. The molecule has 134 valence electrons. The zero-order valence-electron chi connectivity index (χ0n) is 14.0. The van der Waals surface area contributed by atoms with E-state index in [4.69, 9.17) is 9.84 Å². The molecule has 0 fully saturated rings. The van der Waals surface area contributed by atoms with Gasteiger partial charge in [0, 0.05) is 17.6 Å². The van der Waals surface area contributed by atoms with Crippen LogP contribution in [0.25, 0.3) is 16.8 Å². The van der Waals surface area contributed by atoms with E-state index in [0.29, 0.717) is 11.3 Å². The van der Waals surface area contributed by atoms with Gasteiger partial charge in [0.05, 0.1) is 18.7 Å². The molecule has 0 atom stereocenters. The third-order valence-corrected chi connectivity index (χ3v) is 3.97. The molecule has 2 aromatic carbocycles. The van der Waals surface area contributed by atoms with Gasteiger partial charge in [0.25, 0.3) is 0 Å². The number of allylic oxidation sites excluding steroid dienone is 1. The van der Waals surface area contributed by atoms with Gasteiger partial charge in [-0.05, 0) is 23.1 Å². The number of carboxylic acid groups (broad SMARTS) is 1. The monoisotopic (exact) mass is 354 g/mol. The van der Waals surface area contributed by atoms with Crippen LogP contribution in [0.3, 0.4) is 0 Å². The summed E-state index contributed by atoms with van der Waals surface area (Å²) in [7, 11) is 0. The summed E-state index contributed by atoms with van der Waals surface area (Å²) in [5.41, 5.74) is 2.15. The molecular formula is C19H18N2O5. The fourth-order valence-corrected chi connectivity index (χ4v) is 2.86. The van der Waals surface area contributed by atoms with Crippen LogP contribution in [0.15, 0.2) is 36.4 Å². The lowest BCUT2D eigenvalue weighted by atomic mass is 9.91. The van der Waals surface area contributed by atoms with E-state index in [2.05, 4.69) is 10.6 Å². The molecule has 0 spiro atoms. The number of benzene rings is 2. The summed E-state index contributed by atoms with van der Waals surface area (Å²) in [4.78, 5) is 34.5. The van der Waals surface area contributed by atoms with Crippen molar-refractivity contribution < 1.29 is 24.2 Å². The summed E-state index contributed by atoms with van der Waals surface area (Å²) in [5, 5.41) is 15.9. The fourth-order valence-electron chi connectivity index (χ4n) is 2.86. The Balaban J connectivity index is 1.63. The van der Waals surface area contributed by atoms with E-state index in [1.54, 1.807) is 12.1 Å². The molecule has 7 nitrogen and oxygen atoms in total. The molecule has 0 saturated carbocycles. The molecule has 3 N–H and O–H groups in total. The number of hydrogen-bond acceptors (Lipinski definition) is 5. The molecule has 0 unspecified atom stereocenters. The predicted octanol–water partition coefficient (Wildman–Crippen LogP) is 1.68. The SMILES string of the molecule is O=C(O)COCCNC(=O)CNc1ccc2cccc3c2c1C(=O)C=C3. The number of amides is 1. The number of hydrogen-bond donors (Lipinski definition) is 3. The topological polar surface area (TPSA) is 105 Å². The molecule has 26 heavy (non-hydrogen) atoms. The summed E-state index contributed by atoms with van der Waals surface area (Å²) < 4.78 is 4.84. The van der Waals surface area contributed by atoms with Gasteiger partial charge in [-0.25, -0.2) is 4.79 Å². The van der Waals surface area contributed by atoms with Gasteiger partial charge in [-0.2, -0.15) is 0 Å². The third kappa shape index (κ3) is 3.89. The number of nitrogens with one attached hydrogen (secondary N) is 2. The second-order valence-electron chi connectivity index (χ2n) is 5.78. The highest BCUT2D eigenvalue weighted by Gasteiger charge is 2.19. The summed E-state index contributed by atoms with van der Waals surface area (Å²) in [5.74, 6) is -1.43. The van der Waals surface area contributed by atoms with Crippen molar-refractivity contribution in [1.29, 1.82) is 0 Å². The normalized spacial score (nSPS) is 12.2. The van der Waals surface area contributed by atoms with Gasteiger partial charge in [-0.3, -0.25) is 9.59 Å². The number of aliphatic carboxylic acids is 1. The van der Waals surface area contributed by atoms with E-state index in [1.807, 2.05) is 24.3 Å². The first-order valence-electron chi connectivity index (χ1n) is 8.14. The van der Waals surface area contributed by atoms with Crippen LogP contribution in [0.2, 0.25) is 0 Å². The molecule has 1 aliphatic rings. The first-order chi connectivity index (χ1) is 12.6. The Labute approximate surface area is 149 Å². The van der Waals surface area contributed by atoms with E-state index in [0.717, 1.165) is 16.3 Å². The lowest BCUT2D eigenvalue weighted by molar-refractivity contribution is -0.142. The van der Waals surface area contributed by atoms with Crippen molar-refractivity contribution in [2.24, 2.45) is 0 Å². The second-order valence-corrected chi connectivity index (χ2v) is 5.78. The van der Waals surface area contributed by atoms with E-state index >= 15 is 0 Å². The summed E-state index contributed by atoms with van der Waals surface area (Å²) in [6.07, 6.45) is 3.33. The Morgan fingerprint density at radius 3 is 2.77 bits per heavy atom. The van der Waals surface area contributed by atoms with Crippen LogP contribution < -0.4 is 10.6 Å². The minimum Gasteiger partial charge on any atom is -0.480 e. The standard InChI is InChI=1S/C19H18N2O5/c22-15-7-5-13-3-1-2-12-4-6-14(19(15)18(12)13)21-10-16(23)20-8-9-26-11-17(24)25/h1-7,21H,8-11H2,(H,20,23)(H,24,25). The molecule has 1 aliphatic carbocycles. The number of ketones is 1. The van der Waals surface area contributed by atoms with Crippen LogP contribution in [0.1, 0.15) is 15.9 Å². The van der Waals surface area contributed by atoms with Crippen LogP contribution >= 0.6 is 0 Å². The number of carboxylic acids is 1. The predicted molar refractivity (Wildman–Crippen MR) is 97.3 cm³/mol. The molecule has 0 aliphatic heterocycles. The minimum atomic E-state index is -1.05. The molecule has 0 saturated heterocycles. The van der Waals surface area contributed by atoms with Crippen molar-refractivity contribution in [2.75, 3.05) is 31.6 Å². The van der Waals surface area contributed by atoms with Crippen LogP contribution in [0.4, 0.5) is 5.69 Å². The van der Waals surface area contributed by atoms with Gasteiger partial charge in [0.2, 0.25) is 5.91 Å². The Kier molecular flexibility index (Phi) is 5.28. The van der Waals surface area contributed by atoms with E-state index in [1.165, 1.54) is 6.08 Å². The van der Waals surface area contributed by atoms with Crippen molar-refractivity contribution in [3.63, 3.8) is 0 Å². The molecular weight excluding hydrogens is 336 g/mol. The number of ether oxygens (including phenoxy) is 1. The maximum Gasteiger partial charge on any atom is 0.329 e. The van der Waals surface area contributed by atoms with Gasteiger partial charge in [-0.1, -0.05) is 30.3 Å². The smallest absolute Gasteiger partial charge is 0.329 e. The molecule has 0 heterocycles. The second kappa shape index (κ2) is 7.79. The van der Waals surface area contributed by atoms with Crippen molar-refractivity contribution in [3.05, 3.63) is 47.5 Å². The number of anilines is 1. The van der Waals surface area contributed by atoms with Crippen molar-refractivity contribution in [1.82, 2.24) is 5.32 Å². The number of carbonyl (C=O) groups is 3. The Hall–Kier alpha value is -3.19. The van der Waals surface area contributed by atoms with Gasteiger partial charge in [0.15, 0.2) is 5.78 Å². The molecule has 0 radical (unpaired) electrons. The Bertz CT molecular complexity index is 904. The average Bonchev–Trinajstić information content (AvgIpc) is 2.63. The van der Waals surface area contributed by atoms with Gasteiger partial charge >= 0.3 is 5.97 Å². The first-order valence-corrected chi connectivity index (χ1v) is 8.14. The minimum absolute atomic E-state index is 0.00337. The van der Waals surface area contributed by atoms with Gasteiger partial charge in [0.1, 0.15) is 6.61 Å². The lowest BCUT2D eigenvalue weighted by Crippen LogP contribution is -2.33. The highest BCUT2D eigenvalue weighted by Crippen LogP contribution is 2.33. The quantitative estimate of drug-likeness (QED) is 0.623. The Morgan fingerprint density at radius 2 is 1.96 bits per heavy atom. The van der Waals surface area contributed by atoms with Crippen LogP contribution in [0, 0.1) is 0 Å². The van der Waals surface area contributed by atoms with Crippen LogP contribution in [-0.2, 0) is 14.3 Å². The maximum atomic E-state index is 12.3. The van der Waals surface area contributed by atoms with Crippen LogP contribution in [0.5, 0.6) is 0 Å². The molecule has 0 bridgehead atoms. The van der Waals surface area contributed by atoms with Crippen molar-refractivity contribution in [2.45, 2.75) is 0 Å². The van der Waals surface area contributed by atoms with Crippen LogP contribution in [-0.4, -0.2) is 49.1 Å². The molecule has 3 rings (SSSR count). The summed E-state index contributed by atoms with van der Waals surface area (Å²) in [6.45, 7) is -0.0702. The summed E-state index contributed by atoms with van der Waals surface area (Å²) in [6, 6.07) is 9.54.